The summed E-state index contributed by atoms with van der Waals surface area (Å²) >= 11 is 1.65. The number of hydrogen-bond acceptors (Lipinski definition) is 5. The smallest absolute Gasteiger partial charge is 0.311 e. The number of carbonyl (C=O) groups excluding carboxylic acids is 1. The van der Waals surface area contributed by atoms with Gasteiger partial charge >= 0.3 is 5.97 Å². The van der Waals surface area contributed by atoms with Gasteiger partial charge in [-0.3, -0.25) is 4.79 Å². The maximum Gasteiger partial charge on any atom is 0.311 e. The van der Waals surface area contributed by atoms with Crippen molar-refractivity contribution in [3.63, 3.8) is 0 Å². The highest BCUT2D eigenvalue weighted by atomic mass is 32.1. The molecule has 0 fully saturated rings. The van der Waals surface area contributed by atoms with Gasteiger partial charge in [0.05, 0.1) is 24.8 Å². The standard InChI is InChI=1S/C24H27NO3S/c1-24(2,23(26)27-3)12-7-8-13-28-22-16-20(18-9-5-4-6-10-18)15-21(25-22)19-11-14-29-17-19/h4-6,9-11,14-17H,7-8,12-13H2,1-3H3. The molecule has 5 heteroatoms. The van der Waals surface area contributed by atoms with E-state index in [0.29, 0.717) is 12.5 Å². The Morgan fingerprint density at radius 3 is 2.52 bits per heavy atom. The Morgan fingerprint density at radius 1 is 1.03 bits per heavy atom. The summed E-state index contributed by atoms with van der Waals surface area (Å²) in [6.07, 6.45) is 2.50. The lowest BCUT2D eigenvalue weighted by molar-refractivity contribution is -0.151. The number of thiophene rings is 1. The van der Waals surface area contributed by atoms with Crippen molar-refractivity contribution < 1.29 is 14.3 Å². The molecular formula is C24H27NO3S. The van der Waals surface area contributed by atoms with E-state index < -0.39 is 5.41 Å². The molecular weight excluding hydrogens is 382 g/mol. The van der Waals surface area contributed by atoms with E-state index >= 15 is 0 Å². The molecule has 0 N–H and O–H groups in total. The summed E-state index contributed by atoms with van der Waals surface area (Å²) in [5.41, 5.74) is 3.76. The number of carbonyl (C=O) groups is 1. The number of unbranched alkanes of at least 4 members (excludes halogenated alkanes) is 1. The van der Waals surface area contributed by atoms with Crippen LogP contribution in [0.15, 0.2) is 59.3 Å². The van der Waals surface area contributed by atoms with Crippen LogP contribution < -0.4 is 4.74 Å². The molecule has 0 bridgehead atoms. The van der Waals surface area contributed by atoms with Gasteiger partial charge in [-0.25, -0.2) is 4.98 Å². The van der Waals surface area contributed by atoms with Gasteiger partial charge in [-0.2, -0.15) is 11.3 Å². The zero-order valence-corrected chi connectivity index (χ0v) is 18.0. The normalized spacial score (nSPS) is 11.3. The molecule has 29 heavy (non-hydrogen) atoms. The van der Waals surface area contributed by atoms with E-state index in [2.05, 4.69) is 35.0 Å². The molecule has 0 unspecified atom stereocenters. The monoisotopic (exact) mass is 409 g/mol. The Morgan fingerprint density at radius 2 is 1.83 bits per heavy atom. The van der Waals surface area contributed by atoms with Crippen LogP contribution in [-0.2, 0) is 9.53 Å². The molecule has 0 saturated carbocycles. The first-order valence-electron chi connectivity index (χ1n) is 9.81. The molecule has 0 spiro atoms. The van der Waals surface area contributed by atoms with Crippen LogP contribution in [0.3, 0.4) is 0 Å². The molecule has 0 aliphatic heterocycles. The summed E-state index contributed by atoms with van der Waals surface area (Å²) in [5.74, 6) is 0.454. The second-order valence-corrected chi connectivity index (χ2v) is 8.42. The summed E-state index contributed by atoms with van der Waals surface area (Å²) in [7, 11) is 1.43. The Balaban J connectivity index is 1.67. The van der Waals surface area contributed by atoms with E-state index in [1.807, 2.05) is 38.1 Å². The number of hydrogen-bond donors (Lipinski definition) is 0. The van der Waals surface area contributed by atoms with Crippen molar-refractivity contribution in [3.05, 3.63) is 59.3 Å². The molecule has 2 aromatic heterocycles. The predicted molar refractivity (Wildman–Crippen MR) is 118 cm³/mol. The van der Waals surface area contributed by atoms with Gasteiger partial charge in [-0.15, -0.1) is 0 Å². The van der Waals surface area contributed by atoms with Crippen LogP contribution in [0, 0.1) is 5.41 Å². The van der Waals surface area contributed by atoms with Crippen LogP contribution in [0.4, 0.5) is 0 Å². The quantitative estimate of drug-likeness (QED) is 0.311. The van der Waals surface area contributed by atoms with E-state index in [9.17, 15) is 4.79 Å². The molecule has 4 nitrogen and oxygen atoms in total. The van der Waals surface area contributed by atoms with Crippen molar-refractivity contribution in [2.75, 3.05) is 13.7 Å². The van der Waals surface area contributed by atoms with Crippen LogP contribution >= 0.6 is 11.3 Å². The number of pyridine rings is 1. The Bertz CT molecular complexity index is 921. The zero-order valence-electron chi connectivity index (χ0n) is 17.2. The van der Waals surface area contributed by atoms with Crippen LogP contribution in [0.25, 0.3) is 22.4 Å². The van der Waals surface area contributed by atoms with Crippen molar-refractivity contribution >= 4 is 17.3 Å². The molecule has 2 heterocycles. The number of ether oxygens (including phenoxy) is 2. The van der Waals surface area contributed by atoms with Crippen LogP contribution in [0.5, 0.6) is 5.88 Å². The van der Waals surface area contributed by atoms with Crippen LogP contribution in [0.1, 0.15) is 33.1 Å². The predicted octanol–water partition coefficient (Wildman–Crippen LogP) is 6.23. The summed E-state index contributed by atoms with van der Waals surface area (Å²) in [4.78, 5) is 16.5. The summed E-state index contributed by atoms with van der Waals surface area (Å²) < 4.78 is 10.9. The minimum absolute atomic E-state index is 0.170. The van der Waals surface area contributed by atoms with E-state index in [-0.39, 0.29) is 5.97 Å². The molecule has 0 amide bonds. The molecule has 0 aliphatic rings. The van der Waals surface area contributed by atoms with Gasteiger partial charge in [0.25, 0.3) is 0 Å². The van der Waals surface area contributed by atoms with Crippen molar-refractivity contribution in [3.8, 4) is 28.3 Å². The van der Waals surface area contributed by atoms with E-state index in [1.165, 1.54) is 7.11 Å². The fourth-order valence-corrected chi connectivity index (χ4v) is 3.81. The minimum atomic E-state index is -0.466. The Kier molecular flexibility index (Phi) is 7.04. The molecule has 0 atom stereocenters. The first-order chi connectivity index (χ1) is 14.0. The third kappa shape index (κ3) is 5.67. The highest BCUT2D eigenvalue weighted by molar-refractivity contribution is 7.08. The molecule has 0 saturated heterocycles. The third-order valence-electron chi connectivity index (χ3n) is 4.91. The number of esters is 1. The second-order valence-electron chi connectivity index (χ2n) is 7.64. The van der Waals surface area contributed by atoms with E-state index in [4.69, 9.17) is 14.5 Å². The van der Waals surface area contributed by atoms with Crippen molar-refractivity contribution in [2.45, 2.75) is 33.1 Å². The van der Waals surface area contributed by atoms with Gasteiger partial charge in [-0.05, 0) is 61.7 Å². The van der Waals surface area contributed by atoms with E-state index in [0.717, 1.165) is 41.6 Å². The number of rotatable bonds is 9. The second kappa shape index (κ2) is 9.70. The molecule has 3 rings (SSSR count). The average Bonchev–Trinajstić information content (AvgIpc) is 3.28. The summed E-state index contributed by atoms with van der Waals surface area (Å²) in [6.45, 7) is 4.39. The van der Waals surface area contributed by atoms with Crippen molar-refractivity contribution in [1.82, 2.24) is 4.98 Å². The van der Waals surface area contributed by atoms with Gasteiger partial charge < -0.3 is 9.47 Å². The minimum Gasteiger partial charge on any atom is -0.478 e. The number of nitrogens with zero attached hydrogens (tertiary/aromatic N) is 1. The largest absolute Gasteiger partial charge is 0.478 e. The lowest BCUT2D eigenvalue weighted by Crippen LogP contribution is -2.25. The lowest BCUT2D eigenvalue weighted by Gasteiger charge is -2.21. The molecule has 0 radical (unpaired) electrons. The van der Waals surface area contributed by atoms with Crippen LogP contribution in [-0.4, -0.2) is 24.7 Å². The Labute approximate surface area is 176 Å². The van der Waals surface area contributed by atoms with Gasteiger partial charge in [0.2, 0.25) is 5.88 Å². The topological polar surface area (TPSA) is 48.4 Å². The Hall–Kier alpha value is -2.66. The molecule has 1 aromatic carbocycles. The first kappa shape index (κ1) is 21.1. The maximum absolute atomic E-state index is 11.8. The highest BCUT2D eigenvalue weighted by Crippen LogP contribution is 2.30. The van der Waals surface area contributed by atoms with Gasteiger partial charge in [0, 0.05) is 17.0 Å². The maximum atomic E-state index is 11.8. The first-order valence-corrected chi connectivity index (χ1v) is 10.8. The van der Waals surface area contributed by atoms with Gasteiger partial charge in [0.15, 0.2) is 0 Å². The number of benzene rings is 1. The molecule has 3 aromatic rings. The summed E-state index contributed by atoms with van der Waals surface area (Å²) in [6, 6.07) is 16.4. The van der Waals surface area contributed by atoms with Gasteiger partial charge in [0.1, 0.15) is 0 Å². The summed E-state index contributed by atoms with van der Waals surface area (Å²) in [5, 5.41) is 4.14. The average molecular weight is 410 g/mol. The highest BCUT2D eigenvalue weighted by Gasteiger charge is 2.27. The van der Waals surface area contributed by atoms with Gasteiger partial charge in [-0.1, -0.05) is 30.3 Å². The molecule has 152 valence electrons. The van der Waals surface area contributed by atoms with Crippen molar-refractivity contribution in [1.29, 1.82) is 0 Å². The van der Waals surface area contributed by atoms with E-state index in [1.54, 1.807) is 11.3 Å². The SMILES string of the molecule is COC(=O)C(C)(C)CCCCOc1cc(-c2ccccc2)cc(-c2ccsc2)n1. The van der Waals surface area contributed by atoms with Crippen LogP contribution in [0.2, 0.25) is 0 Å². The fourth-order valence-electron chi connectivity index (χ4n) is 3.16. The molecule has 0 aliphatic carbocycles. The van der Waals surface area contributed by atoms with Crippen molar-refractivity contribution in [2.24, 2.45) is 5.41 Å². The lowest BCUT2D eigenvalue weighted by atomic mass is 9.87. The number of methoxy groups -OCH3 is 1. The zero-order chi connectivity index (χ0) is 20.7. The third-order valence-corrected chi connectivity index (χ3v) is 5.59. The number of aromatic nitrogens is 1. The fraction of sp³-hybridized carbons (Fsp3) is 0.333.